The van der Waals surface area contributed by atoms with Gasteiger partial charge in [0.25, 0.3) is 0 Å². The largest absolute Gasteiger partial charge is 0.507 e. The molecule has 3 rings (SSSR count). The monoisotopic (exact) mass is 211 g/mol. The minimum atomic E-state index is 0.215. The van der Waals surface area contributed by atoms with Crippen molar-refractivity contribution in [1.29, 1.82) is 0 Å². The molecule has 2 aromatic carbocycles. The van der Waals surface area contributed by atoms with Gasteiger partial charge in [-0.05, 0) is 17.7 Å². The van der Waals surface area contributed by atoms with Crippen LogP contribution in [0.25, 0.3) is 22.2 Å². The van der Waals surface area contributed by atoms with Crippen LogP contribution in [0, 0.1) is 0 Å². The molecule has 0 radical (unpaired) electrons. The fourth-order valence-electron chi connectivity index (χ4n) is 1.79. The summed E-state index contributed by atoms with van der Waals surface area (Å²) in [7, 11) is 0. The standard InChI is InChI=1S/C12H9N3O/c16-10-7-6-9-12(14-15-13-9)11(10)8-4-2-1-3-5-8/h1-7,16H,(H,13,14,15). The Balaban J connectivity index is 2.38. The van der Waals surface area contributed by atoms with Crippen LogP contribution in [0.3, 0.4) is 0 Å². The summed E-state index contributed by atoms with van der Waals surface area (Å²) in [6, 6.07) is 13.1. The van der Waals surface area contributed by atoms with E-state index in [0.717, 1.165) is 11.1 Å². The number of nitrogens with zero attached hydrogens (tertiary/aromatic N) is 2. The number of aromatic hydroxyl groups is 1. The summed E-state index contributed by atoms with van der Waals surface area (Å²) in [4.78, 5) is 0. The molecule has 0 saturated carbocycles. The van der Waals surface area contributed by atoms with E-state index in [9.17, 15) is 5.11 Å². The Hall–Kier alpha value is -2.36. The van der Waals surface area contributed by atoms with Crippen molar-refractivity contribution in [1.82, 2.24) is 15.4 Å². The topological polar surface area (TPSA) is 61.8 Å². The van der Waals surface area contributed by atoms with Crippen molar-refractivity contribution in [2.45, 2.75) is 0 Å². The van der Waals surface area contributed by atoms with Crippen LogP contribution in [-0.2, 0) is 0 Å². The van der Waals surface area contributed by atoms with Crippen molar-refractivity contribution in [2.24, 2.45) is 0 Å². The lowest BCUT2D eigenvalue weighted by molar-refractivity contribution is 0.478. The number of H-pyrrole nitrogens is 1. The fraction of sp³-hybridized carbons (Fsp3) is 0. The van der Waals surface area contributed by atoms with Crippen molar-refractivity contribution in [2.75, 3.05) is 0 Å². The van der Waals surface area contributed by atoms with Crippen molar-refractivity contribution in [3.8, 4) is 16.9 Å². The molecule has 0 aliphatic carbocycles. The number of aromatic amines is 1. The smallest absolute Gasteiger partial charge is 0.125 e. The summed E-state index contributed by atoms with van der Waals surface area (Å²) >= 11 is 0. The number of nitrogens with one attached hydrogen (secondary N) is 1. The molecule has 1 aromatic heterocycles. The van der Waals surface area contributed by atoms with Gasteiger partial charge in [-0.3, -0.25) is 5.10 Å². The Kier molecular flexibility index (Phi) is 1.86. The maximum Gasteiger partial charge on any atom is 0.125 e. The lowest BCUT2D eigenvalue weighted by Crippen LogP contribution is -1.81. The van der Waals surface area contributed by atoms with Crippen molar-refractivity contribution in [3.05, 3.63) is 42.5 Å². The van der Waals surface area contributed by atoms with Gasteiger partial charge in [0.05, 0.1) is 11.1 Å². The molecule has 4 heteroatoms. The third kappa shape index (κ3) is 1.24. The quantitative estimate of drug-likeness (QED) is 0.649. The predicted molar refractivity (Wildman–Crippen MR) is 61.0 cm³/mol. The summed E-state index contributed by atoms with van der Waals surface area (Å²) in [6.07, 6.45) is 0. The number of hydrogen-bond acceptors (Lipinski definition) is 3. The highest BCUT2D eigenvalue weighted by Gasteiger charge is 2.11. The number of fused-ring (bicyclic) bond motifs is 1. The van der Waals surface area contributed by atoms with E-state index in [1.165, 1.54) is 0 Å². The highest BCUT2D eigenvalue weighted by Crippen LogP contribution is 2.34. The Morgan fingerprint density at radius 3 is 2.62 bits per heavy atom. The van der Waals surface area contributed by atoms with E-state index in [0.29, 0.717) is 11.1 Å². The highest BCUT2D eigenvalue weighted by atomic mass is 16.3. The van der Waals surface area contributed by atoms with Crippen LogP contribution in [-0.4, -0.2) is 20.5 Å². The summed E-state index contributed by atoms with van der Waals surface area (Å²) in [6.45, 7) is 0. The van der Waals surface area contributed by atoms with Gasteiger partial charge in [-0.2, -0.15) is 0 Å². The van der Waals surface area contributed by atoms with Crippen molar-refractivity contribution in [3.63, 3.8) is 0 Å². The van der Waals surface area contributed by atoms with Crippen LogP contribution < -0.4 is 0 Å². The number of aromatic nitrogens is 3. The van der Waals surface area contributed by atoms with Gasteiger partial charge in [-0.15, -0.1) is 5.10 Å². The zero-order chi connectivity index (χ0) is 11.0. The molecule has 0 saturated heterocycles. The van der Waals surface area contributed by atoms with Gasteiger partial charge in [0.15, 0.2) is 0 Å². The van der Waals surface area contributed by atoms with Gasteiger partial charge in [0.2, 0.25) is 0 Å². The molecule has 0 atom stereocenters. The minimum absolute atomic E-state index is 0.215. The first-order chi connectivity index (χ1) is 7.86. The first kappa shape index (κ1) is 8.91. The molecule has 1 heterocycles. The molecule has 0 aliphatic rings. The van der Waals surface area contributed by atoms with Gasteiger partial charge in [0.1, 0.15) is 11.3 Å². The second-order valence-electron chi connectivity index (χ2n) is 3.53. The van der Waals surface area contributed by atoms with Gasteiger partial charge in [-0.25, -0.2) is 0 Å². The average molecular weight is 211 g/mol. The molecule has 0 amide bonds. The van der Waals surface area contributed by atoms with Crippen LogP contribution in [0.1, 0.15) is 0 Å². The van der Waals surface area contributed by atoms with Crippen molar-refractivity contribution >= 4 is 11.0 Å². The predicted octanol–water partition coefficient (Wildman–Crippen LogP) is 2.33. The van der Waals surface area contributed by atoms with Crippen molar-refractivity contribution < 1.29 is 5.11 Å². The van der Waals surface area contributed by atoms with E-state index in [-0.39, 0.29) is 5.75 Å². The molecular weight excluding hydrogens is 202 g/mol. The zero-order valence-corrected chi connectivity index (χ0v) is 8.38. The van der Waals surface area contributed by atoms with Crippen LogP contribution >= 0.6 is 0 Å². The second kappa shape index (κ2) is 3.34. The maximum absolute atomic E-state index is 9.90. The number of phenolic OH excluding ortho intramolecular Hbond substituents is 1. The lowest BCUT2D eigenvalue weighted by atomic mass is 10.0. The summed E-state index contributed by atoms with van der Waals surface area (Å²) in [5, 5.41) is 20.4. The highest BCUT2D eigenvalue weighted by molar-refractivity contribution is 5.94. The van der Waals surface area contributed by atoms with Crippen LogP contribution in [0.2, 0.25) is 0 Å². The SMILES string of the molecule is Oc1ccc2[nH]nnc2c1-c1ccccc1. The Bertz CT molecular complexity index is 631. The van der Waals surface area contributed by atoms with Gasteiger partial charge < -0.3 is 5.11 Å². The molecule has 0 spiro atoms. The van der Waals surface area contributed by atoms with Gasteiger partial charge in [0, 0.05) is 0 Å². The number of phenols is 1. The third-order valence-corrected chi connectivity index (χ3v) is 2.54. The molecule has 0 bridgehead atoms. The maximum atomic E-state index is 9.90. The first-order valence-corrected chi connectivity index (χ1v) is 4.94. The molecule has 4 nitrogen and oxygen atoms in total. The summed E-state index contributed by atoms with van der Waals surface area (Å²) in [5.74, 6) is 0.215. The number of benzene rings is 2. The lowest BCUT2D eigenvalue weighted by Gasteiger charge is -2.04. The zero-order valence-electron chi connectivity index (χ0n) is 8.38. The Morgan fingerprint density at radius 1 is 1.00 bits per heavy atom. The van der Waals surface area contributed by atoms with E-state index >= 15 is 0 Å². The van der Waals surface area contributed by atoms with E-state index in [4.69, 9.17) is 0 Å². The van der Waals surface area contributed by atoms with Crippen LogP contribution in [0.15, 0.2) is 42.5 Å². The molecule has 0 fully saturated rings. The van der Waals surface area contributed by atoms with Gasteiger partial charge >= 0.3 is 0 Å². The summed E-state index contributed by atoms with van der Waals surface area (Å²) < 4.78 is 0. The normalized spacial score (nSPS) is 10.8. The van der Waals surface area contributed by atoms with E-state index in [1.54, 1.807) is 12.1 Å². The van der Waals surface area contributed by atoms with E-state index in [2.05, 4.69) is 15.4 Å². The summed E-state index contributed by atoms with van der Waals surface area (Å²) in [5.41, 5.74) is 3.15. The van der Waals surface area contributed by atoms with Crippen LogP contribution in [0.4, 0.5) is 0 Å². The molecule has 16 heavy (non-hydrogen) atoms. The number of hydrogen-bond donors (Lipinski definition) is 2. The second-order valence-corrected chi connectivity index (χ2v) is 3.53. The van der Waals surface area contributed by atoms with E-state index < -0.39 is 0 Å². The molecular formula is C12H9N3O. The molecule has 2 N–H and O–H groups in total. The average Bonchev–Trinajstić information content (AvgIpc) is 2.78. The van der Waals surface area contributed by atoms with Crippen LogP contribution in [0.5, 0.6) is 5.75 Å². The third-order valence-electron chi connectivity index (χ3n) is 2.54. The van der Waals surface area contributed by atoms with Gasteiger partial charge in [-0.1, -0.05) is 35.5 Å². The van der Waals surface area contributed by atoms with E-state index in [1.807, 2.05) is 30.3 Å². The minimum Gasteiger partial charge on any atom is -0.507 e. The molecule has 0 aliphatic heterocycles. The Labute approximate surface area is 91.5 Å². The number of rotatable bonds is 1. The first-order valence-electron chi connectivity index (χ1n) is 4.94. The fourth-order valence-corrected chi connectivity index (χ4v) is 1.79. The molecule has 3 aromatic rings. The Morgan fingerprint density at radius 2 is 1.81 bits per heavy atom. The molecule has 0 unspecified atom stereocenters. The molecule has 78 valence electrons.